The number of halogens is 1. The van der Waals surface area contributed by atoms with Crippen molar-refractivity contribution >= 4 is 48.7 Å². The number of nitrogens with zero attached hydrogens (tertiary/aromatic N) is 1. The zero-order valence-electron chi connectivity index (χ0n) is 6.86. The van der Waals surface area contributed by atoms with Gasteiger partial charge in [0.25, 0.3) is 5.69 Å². The molecule has 0 saturated carbocycles. The van der Waals surface area contributed by atoms with E-state index in [2.05, 4.69) is 15.9 Å². The van der Waals surface area contributed by atoms with Crippen molar-refractivity contribution in [3.05, 3.63) is 32.1 Å². The second-order valence-corrected chi connectivity index (χ2v) is 4.48. The minimum atomic E-state index is -0.421. The van der Waals surface area contributed by atoms with Gasteiger partial charge < -0.3 is 5.73 Å². The first-order chi connectivity index (χ1) is 6.61. The molecule has 1 aromatic heterocycles. The van der Waals surface area contributed by atoms with Gasteiger partial charge in [-0.15, -0.1) is 11.3 Å². The van der Waals surface area contributed by atoms with Crippen molar-refractivity contribution in [1.29, 1.82) is 0 Å². The second kappa shape index (κ2) is 3.21. The van der Waals surface area contributed by atoms with Crippen LogP contribution in [0, 0.1) is 10.1 Å². The molecule has 4 nitrogen and oxygen atoms in total. The first-order valence-corrected chi connectivity index (χ1v) is 5.38. The van der Waals surface area contributed by atoms with Crippen LogP contribution < -0.4 is 5.73 Å². The van der Waals surface area contributed by atoms with Crippen LogP contribution in [0.1, 0.15) is 0 Å². The summed E-state index contributed by atoms with van der Waals surface area (Å²) in [6.07, 6.45) is 0. The van der Waals surface area contributed by atoms with Crippen molar-refractivity contribution in [3.63, 3.8) is 0 Å². The number of nitrogens with two attached hydrogens (primary N) is 1. The lowest BCUT2D eigenvalue weighted by molar-refractivity contribution is -0.383. The third-order valence-corrected chi connectivity index (χ3v) is 3.48. The number of benzene rings is 1. The maximum atomic E-state index is 10.8. The average Bonchev–Trinajstić information content (AvgIpc) is 2.47. The molecule has 0 fully saturated rings. The van der Waals surface area contributed by atoms with Crippen LogP contribution in [0.5, 0.6) is 0 Å². The highest BCUT2D eigenvalue weighted by atomic mass is 79.9. The molecule has 2 rings (SSSR count). The topological polar surface area (TPSA) is 69.2 Å². The van der Waals surface area contributed by atoms with Gasteiger partial charge in [0.1, 0.15) is 0 Å². The molecule has 0 bridgehead atoms. The Kier molecular flexibility index (Phi) is 2.16. The van der Waals surface area contributed by atoms with E-state index >= 15 is 0 Å². The summed E-state index contributed by atoms with van der Waals surface area (Å²) in [6.45, 7) is 0. The van der Waals surface area contributed by atoms with Crippen LogP contribution in [0.4, 0.5) is 11.4 Å². The first-order valence-electron chi connectivity index (χ1n) is 3.71. The Bertz CT molecular complexity index is 523. The molecule has 2 aromatic rings. The molecule has 0 amide bonds. The lowest BCUT2D eigenvalue weighted by Gasteiger charge is -1.97. The Morgan fingerprint density at radius 3 is 2.86 bits per heavy atom. The number of thiophene rings is 1. The van der Waals surface area contributed by atoms with Crippen molar-refractivity contribution in [2.24, 2.45) is 0 Å². The van der Waals surface area contributed by atoms with Gasteiger partial charge in [-0.05, 0) is 28.1 Å². The Balaban J connectivity index is 2.94. The third-order valence-electron chi connectivity index (χ3n) is 1.87. The summed E-state index contributed by atoms with van der Waals surface area (Å²) in [5, 5.41) is 13.0. The summed E-state index contributed by atoms with van der Waals surface area (Å²) < 4.78 is 1.29. The predicted octanol–water partition coefficient (Wildman–Crippen LogP) is 3.15. The molecule has 1 heterocycles. The van der Waals surface area contributed by atoms with Crippen LogP contribution in [0.15, 0.2) is 22.0 Å². The monoisotopic (exact) mass is 272 g/mol. The molecule has 72 valence electrons. The van der Waals surface area contributed by atoms with Gasteiger partial charge in [-0.3, -0.25) is 10.1 Å². The molecule has 0 saturated heterocycles. The number of fused-ring (bicyclic) bond motifs is 1. The molecule has 1 aromatic carbocycles. The van der Waals surface area contributed by atoms with Crippen molar-refractivity contribution < 1.29 is 4.92 Å². The fourth-order valence-corrected chi connectivity index (χ4v) is 2.61. The standard InChI is InChI=1S/C8H5BrN2O2S/c9-4-1-2-6-7(5(10)3-14-6)8(4)11(12)13/h1-3H,10H2. The number of rotatable bonds is 1. The molecule has 0 unspecified atom stereocenters. The summed E-state index contributed by atoms with van der Waals surface area (Å²) in [4.78, 5) is 10.4. The van der Waals surface area contributed by atoms with Crippen LogP contribution in [0.2, 0.25) is 0 Å². The minimum Gasteiger partial charge on any atom is -0.397 e. The lowest BCUT2D eigenvalue weighted by atomic mass is 10.2. The first kappa shape index (κ1) is 9.42. The lowest BCUT2D eigenvalue weighted by Crippen LogP contribution is -1.92. The molecular weight excluding hydrogens is 268 g/mol. The van der Waals surface area contributed by atoms with Gasteiger partial charge in [0.15, 0.2) is 0 Å². The van der Waals surface area contributed by atoms with Gasteiger partial charge in [-0.2, -0.15) is 0 Å². The molecular formula is C8H5BrN2O2S. The van der Waals surface area contributed by atoms with Crippen LogP contribution in [0.3, 0.4) is 0 Å². The highest BCUT2D eigenvalue weighted by Gasteiger charge is 2.19. The molecule has 14 heavy (non-hydrogen) atoms. The summed E-state index contributed by atoms with van der Waals surface area (Å²) in [6, 6.07) is 3.48. The van der Waals surface area contributed by atoms with Crippen LogP contribution in [-0.2, 0) is 0 Å². The summed E-state index contributed by atoms with van der Waals surface area (Å²) in [7, 11) is 0. The van der Waals surface area contributed by atoms with E-state index < -0.39 is 4.92 Å². The largest absolute Gasteiger partial charge is 0.397 e. The van der Waals surface area contributed by atoms with E-state index in [1.165, 1.54) is 11.3 Å². The Hall–Kier alpha value is -1.14. The molecule has 2 N–H and O–H groups in total. The van der Waals surface area contributed by atoms with E-state index in [-0.39, 0.29) is 5.69 Å². The zero-order valence-corrected chi connectivity index (χ0v) is 9.26. The molecule has 6 heteroatoms. The van der Waals surface area contributed by atoms with Crippen molar-refractivity contribution in [3.8, 4) is 0 Å². The maximum absolute atomic E-state index is 10.8. The Morgan fingerprint density at radius 1 is 1.50 bits per heavy atom. The quantitative estimate of drug-likeness (QED) is 0.641. The van der Waals surface area contributed by atoms with E-state index in [0.717, 1.165) is 4.70 Å². The summed E-state index contributed by atoms with van der Waals surface area (Å²) >= 11 is 4.55. The average molecular weight is 273 g/mol. The van der Waals surface area contributed by atoms with E-state index in [9.17, 15) is 10.1 Å². The maximum Gasteiger partial charge on any atom is 0.294 e. The van der Waals surface area contributed by atoms with Gasteiger partial charge in [-0.25, -0.2) is 0 Å². The fourth-order valence-electron chi connectivity index (χ4n) is 1.29. The molecule has 0 aliphatic heterocycles. The van der Waals surface area contributed by atoms with E-state index in [4.69, 9.17) is 5.73 Å². The Morgan fingerprint density at radius 2 is 2.21 bits per heavy atom. The number of nitrogen functional groups attached to an aromatic ring is 1. The molecule has 0 spiro atoms. The van der Waals surface area contributed by atoms with E-state index in [1.807, 2.05) is 6.07 Å². The highest BCUT2D eigenvalue weighted by Crippen LogP contribution is 2.39. The minimum absolute atomic E-state index is 0.0428. The number of nitro groups is 1. The number of anilines is 1. The number of nitro benzene ring substituents is 1. The second-order valence-electron chi connectivity index (χ2n) is 2.72. The van der Waals surface area contributed by atoms with Crippen LogP contribution in [0.25, 0.3) is 10.1 Å². The number of hydrogen-bond acceptors (Lipinski definition) is 4. The SMILES string of the molecule is Nc1csc2ccc(Br)c([N+](=O)[O-])c12. The predicted molar refractivity (Wildman–Crippen MR) is 60.6 cm³/mol. The van der Waals surface area contributed by atoms with Crippen molar-refractivity contribution in [2.45, 2.75) is 0 Å². The number of hydrogen-bond donors (Lipinski definition) is 1. The zero-order chi connectivity index (χ0) is 10.3. The third kappa shape index (κ3) is 1.27. The van der Waals surface area contributed by atoms with E-state index in [0.29, 0.717) is 15.5 Å². The Labute approximate surface area is 91.6 Å². The van der Waals surface area contributed by atoms with Gasteiger partial charge in [-0.1, -0.05) is 0 Å². The molecule has 0 aliphatic carbocycles. The summed E-state index contributed by atoms with van der Waals surface area (Å²) in [5.74, 6) is 0. The van der Waals surface area contributed by atoms with Crippen molar-refractivity contribution in [2.75, 3.05) is 5.73 Å². The molecule has 0 radical (unpaired) electrons. The van der Waals surface area contributed by atoms with Gasteiger partial charge in [0, 0.05) is 10.1 Å². The van der Waals surface area contributed by atoms with Crippen molar-refractivity contribution in [1.82, 2.24) is 0 Å². The normalized spacial score (nSPS) is 10.6. The van der Waals surface area contributed by atoms with Crippen LogP contribution >= 0.6 is 27.3 Å². The molecule has 0 aliphatic rings. The molecule has 0 atom stereocenters. The summed E-state index contributed by atoms with van der Waals surface area (Å²) in [5.41, 5.74) is 6.17. The van der Waals surface area contributed by atoms with Crippen LogP contribution in [-0.4, -0.2) is 4.92 Å². The highest BCUT2D eigenvalue weighted by molar-refractivity contribution is 9.10. The van der Waals surface area contributed by atoms with Gasteiger partial charge in [0.05, 0.1) is 20.5 Å². The van der Waals surface area contributed by atoms with Gasteiger partial charge >= 0.3 is 0 Å². The van der Waals surface area contributed by atoms with E-state index in [1.54, 1.807) is 11.4 Å². The van der Waals surface area contributed by atoms with Gasteiger partial charge in [0.2, 0.25) is 0 Å². The smallest absolute Gasteiger partial charge is 0.294 e. The fraction of sp³-hybridized carbons (Fsp3) is 0.